The molecule has 0 atom stereocenters. The van der Waals surface area contributed by atoms with Gasteiger partial charge in [-0.15, -0.1) is 0 Å². The molecule has 5 heteroatoms. The lowest BCUT2D eigenvalue weighted by Gasteiger charge is -2.36. The first-order chi connectivity index (χ1) is 16.2. The van der Waals surface area contributed by atoms with E-state index in [1.165, 1.54) is 31.5 Å². The molecule has 0 aliphatic carbocycles. The number of rotatable bonds is 9. The van der Waals surface area contributed by atoms with Crippen LogP contribution in [0, 0.1) is 0 Å². The molecule has 0 radical (unpaired) electrons. The highest BCUT2D eigenvalue weighted by Crippen LogP contribution is 2.37. The van der Waals surface area contributed by atoms with Crippen LogP contribution in [0.1, 0.15) is 36.0 Å². The normalized spacial score (nSPS) is 16.1. The number of hydrogen-bond acceptors (Lipinski definition) is 4. The van der Waals surface area contributed by atoms with Crippen molar-refractivity contribution in [2.24, 2.45) is 0 Å². The topological polar surface area (TPSA) is 36.0 Å². The Morgan fingerprint density at radius 2 is 1.55 bits per heavy atom. The van der Waals surface area contributed by atoms with Gasteiger partial charge in [-0.25, -0.2) is 0 Å². The molecule has 5 rings (SSSR count). The number of anilines is 2. The van der Waals surface area contributed by atoms with Crippen LogP contribution < -0.4 is 14.5 Å². The van der Waals surface area contributed by atoms with Crippen LogP contribution in [-0.2, 0) is 0 Å². The number of amides is 1. The number of nitrogens with zero attached hydrogens (tertiary/aromatic N) is 3. The molecule has 3 aromatic carbocycles. The summed E-state index contributed by atoms with van der Waals surface area (Å²) in [5.41, 5.74) is 3.20. The van der Waals surface area contributed by atoms with Gasteiger partial charge < -0.3 is 14.5 Å². The Labute approximate surface area is 196 Å². The number of unbranched alkanes of at least 4 members (excludes halogenated alkanes) is 3. The molecule has 3 aromatic rings. The number of benzene rings is 3. The summed E-state index contributed by atoms with van der Waals surface area (Å²) in [4.78, 5) is 19.9. The van der Waals surface area contributed by atoms with Crippen molar-refractivity contribution in [3.8, 4) is 5.75 Å². The minimum atomic E-state index is 0.163. The van der Waals surface area contributed by atoms with E-state index in [0.29, 0.717) is 0 Å². The number of hydrogen-bond donors (Lipinski definition) is 0. The van der Waals surface area contributed by atoms with Gasteiger partial charge in [0.25, 0.3) is 5.91 Å². The first-order valence-corrected chi connectivity index (χ1v) is 12.2. The molecule has 0 bridgehead atoms. The molecule has 2 aliphatic heterocycles. The van der Waals surface area contributed by atoms with Gasteiger partial charge in [0.05, 0.1) is 12.8 Å². The molecule has 2 heterocycles. The SMILES string of the molecule is COc1cccc(N2CCN(CCCCCCN3C(=O)c4cccc5cccc3c45)CC2)c1. The standard InChI is InChI=1S/C28H33N3O2/c1-33-24-12-8-11-23(21-24)30-19-17-29(18-20-30)15-4-2-3-5-16-31-26-14-7-10-22-9-6-13-25(27(22)26)28(31)32/h6-14,21H,2-5,15-20H2,1H3. The highest BCUT2D eigenvalue weighted by molar-refractivity contribution is 6.24. The predicted molar refractivity (Wildman–Crippen MR) is 136 cm³/mol. The maximum Gasteiger partial charge on any atom is 0.258 e. The van der Waals surface area contributed by atoms with E-state index in [2.05, 4.69) is 52.3 Å². The largest absolute Gasteiger partial charge is 0.497 e. The van der Waals surface area contributed by atoms with Crippen molar-refractivity contribution in [3.05, 3.63) is 66.2 Å². The van der Waals surface area contributed by atoms with E-state index < -0.39 is 0 Å². The van der Waals surface area contributed by atoms with Crippen LogP contribution in [0.3, 0.4) is 0 Å². The zero-order chi connectivity index (χ0) is 22.6. The van der Waals surface area contributed by atoms with Crippen LogP contribution in [0.5, 0.6) is 5.75 Å². The first kappa shape index (κ1) is 21.8. The quantitative estimate of drug-likeness (QED) is 0.427. The fourth-order valence-corrected chi connectivity index (χ4v) is 5.20. The predicted octanol–water partition coefficient (Wildman–Crippen LogP) is 5.19. The summed E-state index contributed by atoms with van der Waals surface area (Å²) in [6.07, 6.45) is 4.66. The molecule has 1 amide bonds. The lowest BCUT2D eigenvalue weighted by atomic mass is 10.1. The molecule has 0 unspecified atom stereocenters. The van der Waals surface area contributed by atoms with Gasteiger partial charge in [-0.3, -0.25) is 9.69 Å². The van der Waals surface area contributed by atoms with Crippen LogP contribution >= 0.6 is 0 Å². The van der Waals surface area contributed by atoms with Gasteiger partial charge in [0.15, 0.2) is 0 Å². The second kappa shape index (κ2) is 9.84. The summed E-state index contributed by atoms with van der Waals surface area (Å²) in [7, 11) is 1.72. The molecule has 0 saturated carbocycles. The lowest BCUT2D eigenvalue weighted by molar-refractivity contribution is 0.0992. The Balaban J connectivity index is 1.02. The summed E-state index contributed by atoms with van der Waals surface area (Å²) < 4.78 is 5.36. The summed E-state index contributed by atoms with van der Waals surface area (Å²) in [5, 5.41) is 2.28. The molecule has 33 heavy (non-hydrogen) atoms. The summed E-state index contributed by atoms with van der Waals surface area (Å²) >= 11 is 0. The molecule has 0 N–H and O–H groups in total. The van der Waals surface area contributed by atoms with E-state index in [0.717, 1.165) is 66.9 Å². The van der Waals surface area contributed by atoms with Crippen molar-refractivity contribution in [1.29, 1.82) is 0 Å². The van der Waals surface area contributed by atoms with Gasteiger partial charge in [-0.1, -0.05) is 43.2 Å². The van der Waals surface area contributed by atoms with Crippen LogP contribution in [-0.4, -0.2) is 57.2 Å². The molecule has 2 aliphatic rings. The summed E-state index contributed by atoms with van der Waals surface area (Å²) in [5.74, 6) is 1.09. The molecule has 0 spiro atoms. The number of methoxy groups -OCH3 is 1. The van der Waals surface area contributed by atoms with E-state index >= 15 is 0 Å². The first-order valence-electron chi connectivity index (χ1n) is 12.2. The zero-order valence-electron chi connectivity index (χ0n) is 19.5. The number of carbonyl (C=O) groups excluding carboxylic acids is 1. The maximum atomic E-state index is 12.9. The van der Waals surface area contributed by atoms with Crippen molar-refractivity contribution in [1.82, 2.24) is 4.90 Å². The minimum absolute atomic E-state index is 0.163. The lowest BCUT2D eigenvalue weighted by Crippen LogP contribution is -2.46. The third-order valence-corrected chi connectivity index (χ3v) is 7.05. The van der Waals surface area contributed by atoms with Gasteiger partial charge in [-0.05, 0) is 49.0 Å². The average Bonchev–Trinajstić information content (AvgIpc) is 3.14. The molecule has 5 nitrogen and oxygen atoms in total. The Hall–Kier alpha value is -3.05. The highest BCUT2D eigenvalue weighted by atomic mass is 16.5. The summed E-state index contributed by atoms with van der Waals surface area (Å²) in [6.45, 7) is 6.33. The zero-order valence-corrected chi connectivity index (χ0v) is 19.5. The molecular formula is C28H33N3O2. The van der Waals surface area contributed by atoms with Gasteiger partial charge in [0, 0.05) is 55.4 Å². The van der Waals surface area contributed by atoms with E-state index in [9.17, 15) is 4.79 Å². The van der Waals surface area contributed by atoms with Crippen molar-refractivity contribution < 1.29 is 9.53 Å². The monoisotopic (exact) mass is 443 g/mol. The van der Waals surface area contributed by atoms with E-state index in [1.807, 2.05) is 23.1 Å². The molecule has 1 fully saturated rings. The van der Waals surface area contributed by atoms with Crippen LogP contribution in [0.15, 0.2) is 60.7 Å². The van der Waals surface area contributed by atoms with Gasteiger partial charge in [0.1, 0.15) is 5.75 Å². The van der Waals surface area contributed by atoms with Crippen LogP contribution in [0.2, 0.25) is 0 Å². The number of piperazine rings is 1. The Bertz CT molecular complexity index is 1120. The van der Waals surface area contributed by atoms with E-state index in [-0.39, 0.29) is 5.91 Å². The molecule has 1 saturated heterocycles. The van der Waals surface area contributed by atoms with Crippen LogP contribution in [0.25, 0.3) is 10.8 Å². The molecule has 0 aromatic heterocycles. The van der Waals surface area contributed by atoms with Gasteiger partial charge in [0.2, 0.25) is 0 Å². The molecule has 172 valence electrons. The maximum absolute atomic E-state index is 12.9. The average molecular weight is 444 g/mol. The number of carbonyl (C=O) groups is 1. The van der Waals surface area contributed by atoms with Crippen molar-refractivity contribution in [2.45, 2.75) is 25.7 Å². The molecular weight excluding hydrogens is 410 g/mol. The van der Waals surface area contributed by atoms with Gasteiger partial charge in [-0.2, -0.15) is 0 Å². The van der Waals surface area contributed by atoms with Crippen molar-refractivity contribution in [2.75, 3.05) is 56.2 Å². The van der Waals surface area contributed by atoms with Gasteiger partial charge >= 0.3 is 0 Å². The number of ether oxygens (including phenoxy) is 1. The highest BCUT2D eigenvalue weighted by Gasteiger charge is 2.28. The third kappa shape index (κ3) is 4.55. The Kier molecular flexibility index (Phi) is 6.49. The second-order valence-corrected chi connectivity index (χ2v) is 9.08. The Morgan fingerprint density at radius 1 is 0.818 bits per heavy atom. The van der Waals surface area contributed by atoms with Crippen LogP contribution in [0.4, 0.5) is 11.4 Å². The summed E-state index contributed by atoms with van der Waals surface area (Å²) in [6, 6.07) is 20.6. The smallest absolute Gasteiger partial charge is 0.258 e. The van der Waals surface area contributed by atoms with Crippen molar-refractivity contribution >= 4 is 28.1 Å². The fraction of sp³-hybridized carbons (Fsp3) is 0.393. The van der Waals surface area contributed by atoms with E-state index in [4.69, 9.17) is 4.74 Å². The third-order valence-electron chi connectivity index (χ3n) is 7.05. The van der Waals surface area contributed by atoms with E-state index in [1.54, 1.807) is 7.11 Å². The second-order valence-electron chi connectivity index (χ2n) is 9.08. The minimum Gasteiger partial charge on any atom is -0.497 e. The van der Waals surface area contributed by atoms with Crippen molar-refractivity contribution in [3.63, 3.8) is 0 Å². The Morgan fingerprint density at radius 3 is 2.33 bits per heavy atom. The fourth-order valence-electron chi connectivity index (χ4n) is 5.20.